The summed E-state index contributed by atoms with van der Waals surface area (Å²) >= 11 is 6.16. The summed E-state index contributed by atoms with van der Waals surface area (Å²) in [6.07, 6.45) is 2.36. The Labute approximate surface area is 123 Å². The lowest BCUT2D eigenvalue weighted by Crippen LogP contribution is -2.48. The van der Waals surface area contributed by atoms with Crippen LogP contribution in [0.2, 0.25) is 5.02 Å². The molecule has 1 heterocycles. The van der Waals surface area contributed by atoms with Gasteiger partial charge < -0.3 is 5.73 Å². The highest BCUT2D eigenvalue weighted by Gasteiger charge is 2.27. The molecular weight excluding hydrogens is 278 g/mol. The zero-order chi connectivity index (χ0) is 14.7. The van der Waals surface area contributed by atoms with Gasteiger partial charge in [-0.1, -0.05) is 18.5 Å². The number of likely N-dealkylation sites (tertiary alicyclic amines) is 1. The number of nitrogens with two attached hydrogens (primary N) is 1. The van der Waals surface area contributed by atoms with Crippen LogP contribution in [0.15, 0.2) is 18.2 Å². The Morgan fingerprint density at radius 1 is 1.55 bits per heavy atom. The van der Waals surface area contributed by atoms with Gasteiger partial charge in [-0.2, -0.15) is 0 Å². The highest BCUT2D eigenvalue weighted by atomic mass is 35.5. The quantitative estimate of drug-likeness (QED) is 0.685. The molecule has 1 aliphatic rings. The van der Waals surface area contributed by atoms with Crippen molar-refractivity contribution in [2.24, 2.45) is 11.7 Å². The van der Waals surface area contributed by atoms with Crippen molar-refractivity contribution in [1.29, 1.82) is 0 Å². The van der Waals surface area contributed by atoms with Crippen molar-refractivity contribution in [3.05, 3.63) is 38.9 Å². The smallest absolute Gasteiger partial charge is 0.270 e. The third-order valence-corrected chi connectivity index (χ3v) is 4.44. The van der Waals surface area contributed by atoms with Gasteiger partial charge in [-0.15, -0.1) is 0 Å². The summed E-state index contributed by atoms with van der Waals surface area (Å²) in [4.78, 5) is 12.6. The summed E-state index contributed by atoms with van der Waals surface area (Å²) in [5.41, 5.74) is 6.83. The number of hydrogen-bond donors (Lipinski definition) is 1. The minimum atomic E-state index is -0.429. The predicted molar refractivity (Wildman–Crippen MR) is 79.8 cm³/mol. The van der Waals surface area contributed by atoms with Crippen molar-refractivity contribution in [2.75, 3.05) is 13.1 Å². The van der Waals surface area contributed by atoms with Gasteiger partial charge in [0.05, 0.1) is 9.95 Å². The Kier molecular flexibility index (Phi) is 4.96. The van der Waals surface area contributed by atoms with Gasteiger partial charge >= 0.3 is 0 Å². The molecule has 1 fully saturated rings. The SMILES string of the molecule is CC1CCCN(Cc2ccc([N+](=O)[O-])cc2Cl)C1CN. The lowest BCUT2D eigenvalue weighted by molar-refractivity contribution is -0.384. The lowest BCUT2D eigenvalue weighted by Gasteiger charge is -2.39. The van der Waals surface area contributed by atoms with Gasteiger partial charge in [-0.3, -0.25) is 15.0 Å². The normalized spacial score (nSPS) is 23.8. The van der Waals surface area contributed by atoms with E-state index in [0.29, 0.717) is 30.1 Å². The van der Waals surface area contributed by atoms with Crippen LogP contribution < -0.4 is 5.73 Å². The molecule has 0 bridgehead atoms. The number of nitro benzene ring substituents is 1. The molecule has 0 spiro atoms. The summed E-state index contributed by atoms with van der Waals surface area (Å²) in [7, 11) is 0. The van der Waals surface area contributed by atoms with Crippen LogP contribution in [0.25, 0.3) is 0 Å². The van der Waals surface area contributed by atoms with Gasteiger partial charge in [0.15, 0.2) is 0 Å². The second-order valence-corrected chi connectivity index (χ2v) is 5.83. The van der Waals surface area contributed by atoms with Crippen molar-refractivity contribution in [3.8, 4) is 0 Å². The number of benzene rings is 1. The number of nitrogens with zero attached hydrogens (tertiary/aromatic N) is 2. The van der Waals surface area contributed by atoms with Crippen molar-refractivity contribution in [2.45, 2.75) is 32.4 Å². The maximum Gasteiger partial charge on any atom is 0.270 e. The average molecular weight is 298 g/mol. The molecule has 2 N–H and O–H groups in total. The molecule has 20 heavy (non-hydrogen) atoms. The molecule has 6 heteroatoms. The first-order chi connectivity index (χ1) is 9.52. The largest absolute Gasteiger partial charge is 0.329 e. The number of piperidine rings is 1. The van der Waals surface area contributed by atoms with Crippen LogP contribution in [0.5, 0.6) is 0 Å². The molecule has 0 radical (unpaired) electrons. The van der Waals surface area contributed by atoms with Crippen LogP contribution in [0.1, 0.15) is 25.3 Å². The molecule has 110 valence electrons. The van der Waals surface area contributed by atoms with E-state index in [-0.39, 0.29) is 5.69 Å². The van der Waals surface area contributed by atoms with E-state index in [1.165, 1.54) is 18.6 Å². The van der Waals surface area contributed by atoms with Crippen molar-refractivity contribution in [1.82, 2.24) is 4.90 Å². The van der Waals surface area contributed by atoms with E-state index >= 15 is 0 Å². The van der Waals surface area contributed by atoms with Crippen molar-refractivity contribution in [3.63, 3.8) is 0 Å². The zero-order valence-corrected chi connectivity index (χ0v) is 12.3. The Morgan fingerprint density at radius 3 is 2.90 bits per heavy atom. The molecule has 0 aromatic heterocycles. The highest BCUT2D eigenvalue weighted by Crippen LogP contribution is 2.28. The van der Waals surface area contributed by atoms with Gasteiger partial charge in [-0.05, 0) is 36.9 Å². The molecule has 1 saturated heterocycles. The molecule has 1 aliphatic heterocycles. The van der Waals surface area contributed by atoms with Gasteiger partial charge in [0.25, 0.3) is 5.69 Å². The Bertz CT molecular complexity index is 495. The summed E-state index contributed by atoms with van der Waals surface area (Å²) in [5.74, 6) is 0.575. The third kappa shape index (κ3) is 3.29. The summed E-state index contributed by atoms with van der Waals surface area (Å²) in [6, 6.07) is 5.02. The monoisotopic (exact) mass is 297 g/mol. The van der Waals surface area contributed by atoms with E-state index in [4.69, 9.17) is 17.3 Å². The molecule has 2 rings (SSSR count). The molecule has 2 unspecified atom stereocenters. The van der Waals surface area contributed by atoms with Crippen LogP contribution >= 0.6 is 11.6 Å². The van der Waals surface area contributed by atoms with E-state index in [9.17, 15) is 10.1 Å². The molecule has 2 atom stereocenters. The first-order valence-corrected chi connectivity index (χ1v) is 7.27. The molecule has 1 aromatic rings. The molecule has 5 nitrogen and oxygen atoms in total. The van der Waals surface area contributed by atoms with Gasteiger partial charge in [-0.25, -0.2) is 0 Å². The fraction of sp³-hybridized carbons (Fsp3) is 0.571. The van der Waals surface area contributed by atoms with Crippen molar-refractivity contribution >= 4 is 17.3 Å². The van der Waals surface area contributed by atoms with E-state index in [2.05, 4.69) is 11.8 Å². The number of rotatable bonds is 4. The Morgan fingerprint density at radius 2 is 2.30 bits per heavy atom. The van der Waals surface area contributed by atoms with E-state index < -0.39 is 4.92 Å². The maximum absolute atomic E-state index is 10.7. The molecule has 1 aromatic carbocycles. The number of non-ortho nitro benzene ring substituents is 1. The Hall–Kier alpha value is -1.17. The first kappa shape index (κ1) is 15.2. The Balaban J connectivity index is 2.14. The second-order valence-electron chi connectivity index (χ2n) is 5.43. The standard InChI is InChI=1S/C14H20ClN3O2/c1-10-3-2-6-17(14(10)8-16)9-11-4-5-12(18(19)20)7-13(11)15/h4-5,7,10,14H,2-3,6,8-9,16H2,1H3. The number of nitro groups is 1. The zero-order valence-electron chi connectivity index (χ0n) is 11.6. The lowest BCUT2D eigenvalue weighted by atomic mass is 9.90. The maximum atomic E-state index is 10.7. The minimum Gasteiger partial charge on any atom is -0.329 e. The fourth-order valence-electron chi connectivity index (χ4n) is 2.91. The highest BCUT2D eigenvalue weighted by molar-refractivity contribution is 6.31. The average Bonchev–Trinajstić information content (AvgIpc) is 2.41. The van der Waals surface area contributed by atoms with E-state index in [1.54, 1.807) is 6.07 Å². The van der Waals surface area contributed by atoms with Gasteiger partial charge in [0, 0.05) is 31.3 Å². The predicted octanol–water partition coefficient (Wildman–Crippen LogP) is 2.81. The van der Waals surface area contributed by atoms with Crippen LogP contribution in [0.3, 0.4) is 0 Å². The van der Waals surface area contributed by atoms with E-state index in [0.717, 1.165) is 18.5 Å². The first-order valence-electron chi connectivity index (χ1n) is 6.90. The number of hydrogen-bond acceptors (Lipinski definition) is 4. The van der Waals surface area contributed by atoms with Gasteiger partial charge in [0.1, 0.15) is 0 Å². The summed E-state index contributed by atoms with van der Waals surface area (Å²) in [6.45, 7) is 4.55. The fourth-order valence-corrected chi connectivity index (χ4v) is 3.14. The molecule has 0 aliphatic carbocycles. The molecule has 0 amide bonds. The third-order valence-electron chi connectivity index (χ3n) is 4.09. The van der Waals surface area contributed by atoms with Gasteiger partial charge in [0.2, 0.25) is 0 Å². The van der Waals surface area contributed by atoms with E-state index in [1.807, 2.05) is 0 Å². The topological polar surface area (TPSA) is 72.4 Å². The van der Waals surface area contributed by atoms with Crippen LogP contribution in [-0.2, 0) is 6.54 Å². The minimum absolute atomic E-state index is 0.0288. The second kappa shape index (κ2) is 6.52. The molecule has 0 saturated carbocycles. The van der Waals surface area contributed by atoms with Crippen LogP contribution in [0.4, 0.5) is 5.69 Å². The van der Waals surface area contributed by atoms with Crippen LogP contribution in [-0.4, -0.2) is 29.0 Å². The van der Waals surface area contributed by atoms with Crippen molar-refractivity contribution < 1.29 is 4.92 Å². The summed E-state index contributed by atoms with van der Waals surface area (Å²) in [5, 5.41) is 11.2. The molecular formula is C14H20ClN3O2. The number of halogens is 1. The summed E-state index contributed by atoms with van der Waals surface area (Å²) < 4.78 is 0. The van der Waals surface area contributed by atoms with Crippen LogP contribution in [0, 0.1) is 16.0 Å².